The fourth-order valence-corrected chi connectivity index (χ4v) is 9.32. The molecule has 2 aliphatic rings. The van der Waals surface area contributed by atoms with Gasteiger partial charge >= 0.3 is 0 Å². The Morgan fingerprint density at radius 2 is 0.885 bits per heavy atom. The van der Waals surface area contributed by atoms with Crippen LogP contribution in [0.15, 0.2) is 200 Å². The first kappa shape index (κ1) is 29.1. The van der Waals surface area contributed by atoms with Gasteiger partial charge < -0.3 is 4.90 Å². The summed E-state index contributed by atoms with van der Waals surface area (Å²) in [7, 11) is 0. The molecule has 1 nitrogen and oxygen atoms in total. The summed E-state index contributed by atoms with van der Waals surface area (Å²) in [6.45, 7) is 0. The summed E-state index contributed by atoms with van der Waals surface area (Å²) in [5.41, 5.74) is 16.4. The van der Waals surface area contributed by atoms with Gasteiger partial charge in [0, 0.05) is 16.8 Å². The standard InChI is InChI=1S/C51H33N/c1-2-15-38(16-3-1)52(49-24-12-14-35-13-4-5-17-40(35)49)39-29-25-34(26-30-39)36-27-31-41-37(33-36)28-32-45-44-20-8-11-23-48(44)51(50(41)45)46-21-9-6-18-42(46)43-19-7-10-22-47(43)51/h1-33H. The van der Waals surface area contributed by atoms with E-state index in [-0.39, 0.29) is 5.41 Å². The van der Waals surface area contributed by atoms with Crippen molar-refractivity contribution in [2.24, 2.45) is 0 Å². The molecule has 242 valence electrons. The van der Waals surface area contributed by atoms with Crippen molar-refractivity contribution in [1.82, 2.24) is 0 Å². The molecular formula is C51H33N. The lowest BCUT2D eigenvalue weighted by molar-refractivity contribution is 0.801. The molecule has 0 radical (unpaired) electrons. The molecule has 9 aromatic rings. The molecule has 0 aliphatic heterocycles. The first-order valence-electron chi connectivity index (χ1n) is 18.1. The quantitative estimate of drug-likeness (QED) is 0.182. The number of hydrogen-bond donors (Lipinski definition) is 0. The highest BCUT2D eigenvalue weighted by Gasteiger charge is 2.52. The van der Waals surface area contributed by atoms with Gasteiger partial charge in [0.15, 0.2) is 0 Å². The Balaban J connectivity index is 1.06. The first-order chi connectivity index (χ1) is 25.8. The van der Waals surface area contributed by atoms with Crippen LogP contribution in [0.3, 0.4) is 0 Å². The van der Waals surface area contributed by atoms with Gasteiger partial charge in [-0.15, -0.1) is 0 Å². The Bertz CT molecular complexity index is 2780. The van der Waals surface area contributed by atoms with Gasteiger partial charge in [-0.1, -0.05) is 164 Å². The van der Waals surface area contributed by atoms with Crippen LogP contribution in [0, 0.1) is 0 Å². The molecule has 11 rings (SSSR count). The van der Waals surface area contributed by atoms with E-state index >= 15 is 0 Å². The van der Waals surface area contributed by atoms with Crippen LogP contribution in [0.2, 0.25) is 0 Å². The molecule has 52 heavy (non-hydrogen) atoms. The SMILES string of the molecule is c1ccc(N(c2ccc(-c3ccc4c5c(ccc4c3)-c3ccccc3C53c4ccccc4-c4ccccc43)cc2)c2cccc3ccccc23)cc1. The van der Waals surface area contributed by atoms with Gasteiger partial charge in [0.1, 0.15) is 0 Å². The summed E-state index contributed by atoms with van der Waals surface area (Å²) in [6.07, 6.45) is 0. The molecule has 0 fully saturated rings. The molecule has 0 heterocycles. The zero-order chi connectivity index (χ0) is 34.2. The highest BCUT2D eigenvalue weighted by molar-refractivity contribution is 6.05. The minimum atomic E-state index is -0.357. The number of rotatable bonds is 4. The zero-order valence-corrected chi connectivity index (χ0v) is 28.5. The average Bonchev–Trinajstić information content (AvgIpc) is 3.69. The summed E-state index contributed by atoms with van der Waals surface area (Å²) < 4.78 is 0. The summed E-state index contributed by atoms with van der Waals surface area (Å²) in [5.74, 6) is 0. The smallest absolute Gasteiger partial charge is 0.0731 e. The Kier molecular flexibility index (Phi) is 6.23. The van der Waals surface area contributed by atoms with Gasteiger partial charge in [0.2, 0.25) is 0 Å². The molecule has 0 amide bonds. The maximum Gasteiger partial charge on any atom is 0.0731 e. The monoisotopic (exact) mass is 659 g/mol. The fourth-order valence-electron chi connectivity index (χ4n) is 9.32. The molecule has 0 atom stereocenters. The molecule has 0 unspecified atom stereocenters. The highest BCUT2D eigenvalue weighted by atomic mass is 15.1. The van der Waals surface area contributed by atoms with Crippen LogP contribution in [-0.2, 0) is 5.41 Å². The van der Waals surface area contributed by atoms with E-state index < -0.39 is 0 Å². The Hall–Kier alpha value is -6.70. The predicted octanol–water partition coefficient (Wildman–Crippen LogP) is 13.5. The molecule has 0 saturated carbocycles. The molecular weight excluding hydrogens is 627 g/mol. The van der Waals surface area contributed by atoms with E-state index in [1.54, 1.807) is 0 Å². The van der Waals surface area contributed by atoms with Crippen LogP contribution in [0.5, 0.6) is 0 Å². The zero-order valence-electron chi connectivity index (χ0n) is 28.5. The van der Waals surface area contributed by atoms with Crippen LogP contribution in [0.25, 0.3) is 54.9 Å². The van der Waals surface area contributed by atoms with Crippen LogP contribution >= 0.6 is 0 Å². The van der Waals surface area contributed by atoms with Gasteiger partial charge in [0.05, 0.1) is 11.1 Å². The van der Waals surface area contributed by atoms with Gasteiger partial charge in [-0.2, -0.15) is 0 Å². The molecule has 2 aliphatic carbocycles. The van der Waals surface area contributed by atoms with Crippen LogP contribution in [0.4, 0.5) is 17.1 Å². The maximum absolute atomic E-state index is 2.38. The van der Waals surface area contributed by atoms with Crippen molar-refractivity contribution in [3.05, 3.63) is 222 Å². The third-order valence-corrected chi connectivity index (χ3v) is 11.4. The number of nitrogens with zero attached hydrogens (tertiary/aromatic N) is 1. The fraction of sp³-hybridized carbons (Fsp3) is 0.0196. The third kappa shape index (κ3) is 3.99. The second kappa shape index (κ2) is 11.2. The lowest BCUT2D eigenvalue weighted by Gasteiger charge is -2.31. The lowest BCUT2D eigenvalue weighted by atomic mass is 9.69. The molecule has 0 aromatic heterocycles. The van der Waals surface area contributed by atoms with Crippen LogP contribution in [0.1, 0.15) is 22.3 Å². The summed E-state index contributed by atoms with van der Waals surface area (Å²) in [5, 5.41) is 5.03. The molecule has 0 bridgehead atoms. The van der Waals surface area contributed by atoms with Crippen molar-refractivity contribution in [3.8, 4) is 33.4 Å². The normalized spacial score (nSPS) is 13.2. The average molecular weight is 660 g/mol. The van der Waals surface area contributed by atoms with Gasteiger partial charge in [0.25, 0.3) is 0 Å². The number of fused-ring (bicyclic) bond motifs is 13. The molecule has 0 saturated heterocycles. The van der Waals surface area contributed by atoms with Crippen molar-refractivity contribution in [3.63, 3.8) is 0 Å². The van der Waals surface area contributed by atoms with Crippen molar-refractivity contribution in [2.75, 3.05) is 4.90 Å². The molecule has 1 heteroatoms. The number of para-hydroxylation sites is 1. The van der Waals surface area contributed by atoms with Crippen molar-refractivity contribution in [1.29, 1.82) is 0 Å². The summed E-state index contributed by atoms with van der Waals surface area (Å²) in [6, 6.07) is 73.8. The minimum absolute atomic E-state index is 0.357. The largest absolute Gasteiger partial charge is 0.310 e. The van der Waals surface area contributed by atoms with E-state index in [4.69, 9.17) is 0 Å². The number of hydrogen-bond acceptors (Lipinski definition) is 1. The van der Waals surface area contributed by atoms with Crippen molar-refractivity contribution >= 4 is 38.6 Å². The van der Waals surface area contributed by atoms with E-state index in [0.717, 1.165) is 11.4 Å². The third-order valence-electron chi connectivity index (χ3n) is 11.4. The van der Waals surface area contributed by atoms with Crippen molar-refractivity contribution in [2.45, 2.75) is 5.41 Å². The topological polar surface area (TPSA) is 3.24 Å². The molecule has 1 spiro atoms. The Morgan fingerprint density at radius 3 is 1.60 bits per heavy atom. The highest BCUT2D eigenvalue weighted by Crippen LogP contribution is 2.64. The summed E-state index contributed by atoms with van der Waals surface area (Å²) >= 11 is 0. The summed E-state index contributed by atoms with van der Waals surface area (Å²) in [4.78, 5) is 2.37. The van der Waals surface area contributed by atoms with Gasteiger partial charge in [-0.25, -0.2) is 0 Å². The Labute approximate surface area is 303 Å². The van der Waals surface area contributed by atoms with E-state index in [2.05, 4.69) is 205 Å². The van der Waals surface area contributed by atoms with E-state index in [1.165, 1.54) is 82.9 Å². The van der Waals surface area contributed by atoms with Crippen molar-refractivity contribution < 1.29 is 0 Å². The number of benzene rings is 9. The van der Waals surface area contributed by atoms with E-state index in [1.807, 2.05) is 0 Å². The van der Waals surface area contributed by atoms with E-state index in [0.29, 0.717) is 0 Å². The molecule has 9 aromatic carbocycles. The minimum Gasteiger partial charge on any atom is -0.310 e. The predicted molar refractivity (Wildman–Crippen MR) is 218 cm³/mol. The lowest BCUT2D eigenvalue weighted by Crippen LogP contribution is -2.26. The molecule has 0 N–H and O–H groups in total. The first-order valence-corrected chi connectivity index (χ1v) is 18.1. The van der Waals surface area contributed by atoms with E-state index in [9.17, 15) is 0 Å². The van der Waals surface area contributed by atoms with Gasteiger partial charge in [-0.3, -0.25) is 0 Å². The maximum atomic E-state index is 2.38. The number of anilines is 3. The van der Waals surface area contributed by atoms with Crippen LogP contribution in [-0.4, -0.2) is 0 Å². The van der Waals surface area contributed by atoms with Gasteiger partial charge in [-0.05, 0) is 108 Å². The Morgan fingerprint density at radius 1 is 0.327 bits per heavy atom. The van der Waals surface area contributed by atoms with Crippen LogP contribution < -0.4 is 4.90 Å². The second-order valence-corrected chi connectivity index (χ2v) is 14.0. The second-order valence-electron chi connectivity index (χ2n) is 14.0.